The van der Waals surface area contributed by atoms with Crippen LogP contribution in [0.15, 0.2) is 42.5 Å². The zero-order valence-corrected chi connectivity index (χ0v) is 13.5. The topological polar surface area (TPSA) is 12.0 Å². The van der Waals surface area contributed by atoms with Crippen LogP contribution in [0.5, 0.6) is 0 Å². The Bertz CT molecular complexity index is 495. The van der Waals surface area contributed by atoms with Crippen LogP contribution in [0.3, 0.4) is 0 Å². The number of unbranched alkanes of at least 4 members (excludes halogenated alkanes) is 1. The third-order valence-corrected chi connectivity index (χ3v) is 4.73. The standard InChI is InChI=1S/C17H22ClNS/c1-2-3-9-16(14-7-5-4-6-8-14)19-13-12-15-10-11-17(18)20-15/h4-8,10-11,16,19H,2-3,9,12-13H2,1H3. The Balaban J connectivity index is 1.87. The molecule has 0 aliphatic carbocycles. The minimum Gasteiger partial charge on any atom is -0.310 e. The zero-order valence-electron chi connectivity index (χ0n) is 11.9. The number of thiophene rings is 1. The minimum atomic E-state index is 0.464. The minimum absolute atomic E-state index is 0.464. The van der Waals surface area contributed by atoms with E-state index in [4.69, 9.17) is 11.6 Å². The second-order valence-corrected chi connectivity index (χ2v) is 6.82. The van der Waals surface area contributed by atoms with Crippen LogP contribution in [0.2, 0.25) is 4.34 Å². The van der Waals surface area contributed by atoms with Gasteiger partial charge in [0, 0.05) is 17.5 Å². The van der Waals surface area contributed by atoms with Gasteiger partial charge in [-0.15, -0.1) is 11.3 Å². The summed E-state index contributed by atoms with van der Waals surface area (Å²) >= 11 is 7.64. The number of nitrogens with one attached hydrogen (secondary N) is 1. The summed E-state index contributed by atoms with van der Waals surface area (Å²) in [5.41, 5.74) is 1.39. The summed E-state index contributed by atoms with van der Waals surface area (Å²) in [6.07, 6.45) is 4.75. The second-order valence-electron chi connectivity index (χ2n) is 5.02. The van der Waals surface area contributed by atoms with Gasteiger partial charge in [-0.2, -0.15) is 0 Å². The molecular weight excluding hydrogens is 286 g/mol. The van der Waals surface area contributed by atoms with Crippen molar-refractivity contribution in [2.75, 3.05) is 6.54 Å². The highest BCUT2D eigenvalue weighted by Gasteiger charge is 2.09. The lowest BCUT2D eigenvalue weighted by atomic mass is 10.0. The maximum absolute atomic E-state index is 5.96. The summed E-state index contributed by atoms with van der Waals surface area (Å²) in [6, 6.07) is 15.3. The van der Waals surface area contributed by atoms with Gasteiger partial charge in [-0.05, 0) is 30.5 Å². The smallest absolute Gasteiger partial charge is 0.0931 e. The number of benzene rings is 1. The molecule has 0 fully saturated rings. The molecule has 1 heterocycles. The molecule has 108 valence electrons. The zero-order chi connectivity index (χ0) is 14.2. The molecule has 1 N–H and O–H groups in total. The lowest BCUT2D eigenvalue weighted by molar-refractivity contribution is 0.485. The molecule has 2 rings (SSSR count). The summed E-state index contributed by atoms with van der Waals surface area (Å²) in [4.78, 5) is 1.35. The van der Waals surface area contributed by atoms with Crippen LogP contribution in [0.1, 0.15) is 42.7 Å². The first-order chi connectivity index (χ1) is 9.79. The Morgan fingerprint density at radius 3 is 2.60 bits per heavy atom. The van der Waals surface area contributed by atoms with Gasteiger partial charge in [-0.25, -0.2) is 0 Å². The first-order valence-corrected chi connectivity index (χ1v) is 8.51. The van der Waals surface area contributed by atoms with E-state index < -0.39 is 0 Å². The quantitative estimate of drug-likeness (QED) is 0.682. The molecule has 0 spiro atoms. The molecule has 2 aromatic rings. The van der Waals surface area contributed by atoms with Crippen molar-refractivity contribution in [2.45, 2.75) is 38.6 Å². The number of hydrogen-bond acceptors (Lipinski definition) is 2. The first-order valence-electron chi connectivity index (χ1n) is 7.32. The van der Waals surface area contributed by atoms with E-state index in [-0.39, 0.29) is 0 Å². The van der Waals surface area contributed by atoms with E-state index >= 15 is 0 Å². The third-order valence-electron chi connectivity index (χ3n) is 3.44. The van der Waals surface area contributed by atoms with Crippen LogP contribution < -0.4 is 5.32 Å². The number of hydrogen-bond donors (Lipinski definition) is 1. The fraction of sp³-hybridized carbons (Fsp3) is 0.412. The maximum Gasteiger partial charge on any atom is 0.0931 e. The maximum atomic E-state index is 5.96. The molecule has 0 amide bonds. The van der Waals surface area contributed by atoms with Crippen molar-refractivity contribution in [3.63, 3.8) is 0 Å². The Morgan fingerprint density at radius 1 is 1.15 bits per heavy atom. The summed E-state index contributed by atoms with van der Waals surface area (Å²) in [7, 11) is 0. The van der Waals surface area contributed by atoms with E-state index in [0.717, 1.165) is 17.3 Å². The van der Waals surface area contributed by atoms with Crippen molar-refractivity contribution < 1.29 is 0 Å². The molecule has 1 unspecified atom stereocenters. The lowest BCUT2D eigenvalue weighted by Gasteiger charge is -2.19. The van der Waals surface area contributed by atoms with E-state index in [1.807, 2.05) is 6.07 Å². The van der Waals surface area contributed by atoms with Crippen LogP contribution in [-0.4, -0.2) is 6.54 Å². The average molecular weight is 308 g/mol. The highest BCUT2D eigenvalue weighted by molar-refractivity contribution is 7.16. The first kappa shape index (κ1) is 15.6. The molecule has 0 aliphatic rings. The molecule has 1 atom stereocenters. The van der Waals surface area contributed by atoms with E-state index in [1.54, 1.807) is 11.3 Å². The van der Waals surface area contributed by atoms with Crippen LogP contribution in [0.4, 0.5) is 0 Å². The van der Waals surface area contributed by atoms with Crippen molar-refractivity contribution in [2.24, 2.45) is 0 Å². The van der Waals surface area contributed by atoms with E-state index in [2.05, 4.69) is 48.6 Å². The van der Waals surface area contributed by atoms with Crippen molar-refractivity contribution in [3.8, 4) is 0 Å². The van der Waals surface area contributed by atoms with E-state index in [1.165, 1.54) is 29.7 Å². The second kappa shape index (κ2) is 8.46. The molecule has 3 heteroatoms. The summed E-state index contributed by atoms with van der Waals surface area (Å²) < 4.78 is 0.880. The van der Waals surface area contributed by atoms with Gasteiger partial charge in [0.25, 0.3) is 0 Å². The molecule has 1 aromatic carbocycles. The van der Waals surface area contributed by atoms with Crippen LogP contribution in [0.25, 0.3) is 0 Å². The van der Waals surface area contributed by atoms with E-state index in [9.17, 15) is 0 Å². The number of halogens is 1. The molecule has 0 aliphatic heterocycles. The van der Waals surface area contributed by atoms with Crippen LogP contribution >= 0.6 is 22.9 Å². The Kier molecular flexibility index (Phi) is 6.58. The molecule has 1 aromatic heterocycles. The molecule has 0 saturated heterocycles. The molecule has 1 nitrogen and oxygen atoms in total. The SMILES string of the molecule is CCCCC(NCCc1ccc(Cl)s1)c1ccccc1. The van der Waals surface area contributed by atoms with Gasteiger partial charge in [0.2, 0.25) is 0 Å². The Hall–Kier alpha value is -0.830. The fourth-order valence-corrected chi connectivity index (χ4v) is 3.42. The van der Waals surface area contributed by atoms with Gasteiger partial charge >= 0.3 is 0 Å². The van der Waals surface area contributed by atoms with Gasteiger partial charge in [-0.1, -0.05) is 61.7 Å². The summed E-state index contributed by atoms with van der Waals surface area (Å²) in [5, 5.41) is 3.69. The normalized spacial score (nSPS) is 12.5. The molecular formula is C17H22ClNS. The predicted octanol–water partition coefficient (Wildman–Crippen LogP) is 5.47. The molecule has 0 bridgehead atoms. The monoisotopic (exact) mass is 307 g/mol. The largest absolute Gasteiger partial charge is 0.310 e. The lowest BCUT2D eigenvalue weighted by Crippen LogP contribution is -2.23. The predicted molar refractivity (Wildman–Crippen MR) is 89.7 cm³/mol. The third kappa shape index (κ3) is 4.93. The van der Waals surface area contributed by atoms with Crippen molar-refractivity contribution >= 4 is 22.9 Å². The van der Waals surface area contributed by atoms with Crippen molar-refractivity contribution in [1.82, 2.24) is 5.32 Å². The van der Waals surface area contributed by atoms with Gasteiger partial charge in [0.05, 0.1) is 4.34 Å². The van der Waals surface area contributed by atoms with Gasteiger partial charge in [0.1, 0.15) is 0 Å². The van der Waals surface area contributed by atoms with Gasteiger partial charge in [0.15, 0.2) is 0 Å². The van der Waals surface area contributed by atoms with Crippen LogP contribution in [-0.2, 0) is 6.42 Å². The van der Waals surface area contributed by atoms with Crippen LogP contribution in [0, 0.1) is 0 Å². The summed E-state index contributed by atoms with van der Waals surface area (Å²) in [5.74, 6) is 0. The Morgan fingerprint density at radius 2 is 1.95 bits per heavy atom. The fourth-order valence-electron chi connectivity index (χ4n) is 2.34. The van der Waals surface area contributed by atoms with Crippen molar-refractivity contribution in [1.29, 1.82) is 0 Å². The number of rotatable bonds is 8. The molecule has 0 radical (unpaired) electrons. The van der Waals surface area contributed by atoms with Crippen molar-refractivity contribution in [3.05, 3.63) is 57.2 Å². The highest BCUT2D eigenvalue weighted by atomic mass is 35.5. The highest BCUT2D eigenvalue weighted by Crippen LogP contribution is 2.22. The Labute approximate surface area is 131 Å². The molecule has 0 saturated carbocycles. The summed E-state index contributed by atoms with van der Waals surface area (Å²) in [6.45, 7) is 3.25. The molecule has 20 heavy (non-hydrogen) atoms. The van der Waals surface area contributed by atoms with E-state index in [0.29, 0.717) is 6.04 Å². The average Bonchev–Trinajstić information content (AvgIpc) is 2.89. The van der Waals surface area contributed by atoms with Gasteiger partial charge in [-0.3, -0.25) is 0 Å². The van der Waals surface area contributed by atoms with Gasteiger partial charge < -0.3 is 5.32 Å².